The minimum atomic E-state index is -0.311. The van der Waals surface area contributed by atoms with Gasteiger partial charge in [-0.05, 0) is 89.0 Å². The summed E-state index contributed by atoms with van der Waals surface area (Å²) in [5.41, 5.74) is 11.3. The van der Waals surface area contributed by atoms with Crippen LogP contribution in [0.4, 0.5) is 4.39 Å². The molecule has 0 aliphatic carbocycles. The van der Waals surface area contributed by atoms with Crippen molar-refractivity contribution in [2.45, 2.75) is 46.5 Å². The molecule has 4 heteroatoms. The Hall–Kier alpha value is -4.70. The molecule has 208 valence electrons. The van der Waals surface area contributed by atoms with E-state index in [2.05, 4.69) is 112 Å². The fourth-order valence-corrected chi connectivity index (χ4v) is 6.24. The van der Waals surface area contributed by atoms with Crippen molar-refractivity contribution in [3.05, 3.63) is 120 Å². The summed E-state index contributed by atoms with van der Waals surface area (Å²) in [6.07, 6.45) is 0. The topological polar surface area (TPSA) is 31.0 Å². The minimum Gasteiger partial charge on any atom is -0.455 e. The first-order chi connectivity index (χ1) is 20.3. The van der Waals surface area contributed by atoms with Crippen LogP contribution in [-0.2, 0) is 0 Å². The van der Waals surface area contributed by atoms with Crippen LogP contribution in [0.15, 0.2) is 101 Å². The molecule has 0 radical (unpaired) electrons. The van der Waals surface area contributed by atoms with Crippen LogP contribution in [0.25, 0.3) is 61.2 Å². The van der Waals surface area contributed by atoms with Crippen molar-refractivity contribution in [3.8, 4) is 28.2 Å². The van der Waals surface area contributed by atoms with Crippen molar-refractivity contribution in [2.75, 3.05) is 0 Å². The lowest BCUT2D eigenvalue weighted by Crippen LogP contribution is -2.09. The van der Waals surface area contributed by atoms with E-state index in [0.29, 0.717) is 5.58 Å². The van der Waals surface area contributed by atoms with Crippen LogP contribution in [0.3, 0.4) is 0 Å². The molecule has 0 saturated heterocycles. The molecule has 0 fully saturated rings. The number of fused-ring (bicyclic) bond motifs is 4. The van der Waals surface area contributed by atoms with E-state index in [4.69, 9.17) is 9.40 Å². The number of nitrogens with zero attached hydrogens (tertiary/aromatic N) is 2. The number of furan rings is 1. The van der Waals surface area contributed by atoms with Crippen LogP contribution in [-0.4, -0.2) is 9.55 Å². The third-order valence-corrected chi connectivity index (χ3v) is 8.34. The molecular formula is C38H33FN2O. The SMILES string of the molecule is Cc1ccc(-c2nc3ccccc3n2-c2c(C(C)C)cc(-c3ccccc3)cc2C(C)C)c2oc3cc(F)ccc3c12. The fourth-order valence-electron chi connectivity index (χ4n) is 6.24. The molecule has 0 aliphatic rings. The van der Waals surface area contributed by atoms with Gasteiger partial charge in [-0.3, -0.25) is 4.57 Å². The quantitative estimate of drug-likeness (QED) is 0.213. The Balaban J connectivity index is 1.60. The molecule has 7 aromatic rings. The van der Waals surface area contributed by atoms with E-state index in [1.165, 1.54) is 40.1 Å². The van der Waals surface area contributed by atoms with Crippen molar-refractivity contribution in [1.82, 2.24) is 9.55 Å². The number of imidazole rings is 1. The second-order valence-corrected chi connectivity index (χ2v) is 11.8. The van der Waals surface area contributed by atoms with Gasteiger partial charge in [0.25, 0.3) is 0 Å². The van der Waals surface area contributed by atoms with E-state index in [1.54, 1.807) is 0 Å². The maximum atomic E-state index is 14.2. The normalized spacial score (nSPS) is 12.0. The predicted molar refractivity (Wildman–Crippen MR) is 172 cm³/mol. The first-order valence-electron chi connectivity index (χ1n) is 14.6. The minimum absolute atomic E-state index is 0.266. The largest absolute Gasteiger partial charge is 0.455 e. The van der Waals surface area contributed by atoms with Crippen molar-refractivity contribution < 1.29 is 8.81 Å². The number of halogens is 1. The summed E-state index contributed by atoms with van der Waals surface area (Å²) in [7, 11) is 0. The highest BCUT2D eigenvalue weighted by molar-refractivity contribution is 6.11. The lowest BCUT2D eigenvalue weighted by molar-refractivity contribution is 0.618. The van der Waals surface area contributed by atoms with Crippen LogP contribution in [0.5, 0.6) is 0 Å². The Labute approximate surface area is 245 Å². The Morgan fingerprint density at radius 2 is 1.43 bits per heavy atom. The molecule has 0 atom stereocenters. The average Bonchev–Trinajstić information content (AvgIpc) is 3.56. The summed E-state index contributed by atoms with van der Waals surface area (Å²) in [6.45, 7) is 11.1. The van der Waals surface area contributed by atoms with Gasteiger partial charge in [-0.15, -0.1) is 0 Å². The number of rotatable bonds is 5. The number of aryl methyl sites for hydroxylation is 1. The third-order valence-electron chi connectivity index (χ3n) is 8.34. The molecule has 0 unspecified atom stereocenters. The molecule has 2 aromatic heterocycles. The molecule has 0 spiro atoms. The van der Waals surface area contributed by atoms with Gasteiger partial charge in [0.05, 0.1) is 22.3 Å². The highest BCUT2D eigenvalue weighted by atomic mass is 19.1. The predicted octanol–water partition coefficient (Wildman–Crippen LogP) is 11.0. The number of hydrogen-bond donors (Lipinski definition) is 0. The van der Waals surface area contributed by atoms with Gasteiger partial charge in [-0.2, -0.15) is 0 Å². The standard InChI is InChI=1S/C38H33FN2O/c1-22(2)30-19-26(25-11-7-6-8-12-25)20-31(23(3)4)36(30)41-33-14-10-9-13-32(33)40-38(41)29-17-15-24(5)35-28-18-16-27(39)21-34(28)42-37(29)35/h6-23H,1-5H3. The zero-order valence-corrected chi connectivity index (χ0v) is 24.6. The molecule has 0 saturated carbocycles. The molecule has 0 bridgehead atoms. The van der Waals surface area contributed by atoms with Crippen molar-refractivity contribution in [2.24, 2.45) is 0 Å². The van der Waals surface area contributed by atoms with Crippen molar-refractivity contribution >= 4 is 33.0 Å². The molecule has 0 N–H and O–H groups in total. The molecule has 0 amide bonds. The Bertz CT molecular complexity index is 2090. The first kappa shape index (κ1) is 26.2. The summed E-state index contributed by atoms with van der Waals surface area (Å²) < 4.78 is 23.0. The lowest BCUT2D eigenvalue weighted by Gasteiger charge is -2.24. The van der Waals surface area contributed by atoms with Gasteiger partial charge in [-0.1, -0.05) is 76.2 Å². The summed E-state index contributed by atoms with van der Waals surface area (Å²) in [5, 5.41) is 1.90. The number of benzene rings is 5. The van der Waals surface area contributed by atoms with Gasteiger partial charge in [0.2, 0.25) is 0 Å². The van der Waals surface area contributed by atoms with Crippen LogP contribution in [0, 0.1) is 12.7 Å². The average molecular weight is 553 g/mol. The molecular weight excluding hydrogens is 519 g/mol. The van der Waals surface area contributed by atoms with Crippen LogP contribution >= 0.6 is 0 Å². The number of hydrogen-bond acceptors (Lipinski definition) is 2. The Morgan fingerprint density at radius 3 is 2.14 bits per heavy atom. The zero-order chi connectivity index (χ0) is 29.1. The molecule has 0 aliphatic heterocycles. The zero-order valence-electron chi connectivity index (χ0n) is 24.6. The van der Waals surface area contributed by atoms with Gasteiger partial charge in [0.1, 0.15) is 22.8 Å². The summed E-state index contributed by atoms with van der Waals surface area (Å²) >= 11 is 0. The van der Waals surface area contributed by atoms with Gasteiger partial charge in [0, 0.05) is 16.8 Å². The van der Waals surface area contributed by atoms with Crippen LogP contribution < -0.4 is 0 Å². The van der Waals surface area contributed by atoms with Gasteiger partial charge in [-0.25, -0.2) is 9.37 Å². The first-order valence-corrected chi connectivity index (χ1v) is 14.6. The summed E-state index contributed by atoms with van der Waals surface area (Å²) in [5.74, 6) is 1.04. The summed E-state index contributed by atoms with van der Waals surface area (Å²) in [6, 6.07) is 32.6. The number of aromatic nitrogens is 2. The smallest absolute Gasteiger partial charge is 0.149 e. The number of para-hydroxylation sites is 2. The van der Waals surface area contributed by atoms with E-state index in [-0.39, 0.29) is 17.7 Å². The molecule has 5 aromatic carbocycles. The Morgan fingerprint density at radius 1 is 0.738 bits per heavy atom. The van der Waals surface area contributed by atoms with E-state index in [1.807, 2.05) is 12.1 Å². The maximum absolute atomic E-state index is 14.2. The van der Waals surface area contributed by atoms with Gasteiger partial charge in [0.15, 0.2) is 0 Å². The highest BCUT2D eigenvalue weighted by Gasteiger charge is 2.25. The molecule has 2 heterocycles. The second-order valence-electron chi connectivity index (χ2n) is 11.8. The Kier molecular flexibility index (Phi) is 6.23. The monoisotopic (exact) mass is 552 g/mol. The van der Waals surface area contributed by atoms with E-state index >= 15 is 0 Å². The molecule has 3 nitrogen and oxygen atoms in total. The third kappa shape index (κ3) is 4.13. The fraction of sp³-hybridized carbons (Fsp3) is 0.184. The lowest BCUT2D eigenvalue weighted by atomic mass is 9.88. The van der Waals surface area contributed by atoms with Gasteiger partial charge < -0.3 is 4.42 Å². The molecule has 42 heavy (non-hydrogen) atoms. The van der Waals surface area contributed by atoms with Crippen LogP contribution in [0.1, 0.15) is 56.2 Å². The van der Waals surface area contributed by atoms with E-state index in [0.717, 1.165) is 44.3 Å². The van der Waals surface area contributed by atoms with Crippen molar-refractivity contribution in [1.29, 1.82) is 0 Å². The maximum Gasteiger partial charge on any atom is 0.149 e. The molecule has 7 rings (SSSR count). The van der Waals surface area contributed by atoms with Crippen LogP contribution in [0.2, 0.25) is 0 Å². The summed E-state index contributed by atoms with van der Waals surface area (Å²) in [4.78, 5) is 5.24. The van der Waals surface area contributed by atoms with E-state index < -0.39 is 0 Å². The second kappa shape index (κ2) is 9.99. The van der Waals surface area contributed by atoms with Crippen molar-refractivity contribution in [3.63, 3.8) is 0 Å². The van der Waals surface area contributed by atoms with Gasteiger partial charge >= 0.3 is 0 Å². The highest BCUT2D eigenvalue weighted by Crippen LogP contribution is 2.43. The van der Waals surface area contributed by atoms with E-state index in [9.17, 15) is 4.39 Å².